The molecule has 0 spiro atoms. The van der Waals surface area contributed by atoms with E-state index in [4.69, 9.17) is 11.6 Å². The van der Waals surface area contributed by atoms with Crippen LogP contribution < -0.4 is 10.6 Å². The Kier molecular flexibility index (Phi) is 5.98. The highest BCUT2D eigenvalue weighted by molar-refractivity contribution is 6.30. The largest absolute Gasteiger partial charge is 0.508 e. The fourth-order valence-corrected chi connectivity index (χ4v) is 4.83. The SMILES string of the molecule is CC(=O)NC1(C(C)=O)CC(C(=O)N[C@@H](c2cc(O)cc(Cl)c2)C2CCCC2)C1. The van der Waals surface area contributed by atoms with Gasteiger partial charge in [0.1, 0.15) is 5.75 Å². The lowest BCUT2D eigenvalue weighted by atomic mass is 9.65. The third-order valence-corrected chi connectivity index (χ3v) is 6.30. The van der Waals surface area contributed by atoms with E-state index >= 15 is 0 Å². The predicted octanol–water partition coefficient (Wildman–Crippen LogP) is 3.27. The molecule has 2 aliphatic carbocycles. The van der Waals surface area contributed by atoms with Crippen LogP contribution in [0.15, 0.2) is 18.2 Å². The van der Waals surface area contributed by atoms with Crippen LogP contribution in [0.1, 0.15) is 64.0 Å². The first-order valence-corrected chi connectivity index (χ1v) is 10.2. The van der Waals surface area contributed by atoms with Crippen LogP contribution in [0.4, 0.5) is 0 Å². The van der Waals surface area contributed by atoms with Gasteiger partial charge in [-0.25, -0.2) is 0 Å². The third-order valence-electron chi connectivity index (χ3n) is 6.08. The molecule has 0 aliphatic heterocycles. The molecule has 1 aromatic carbocycles. The van der Waals surface area contributed by atoms with E-state index in [1.807, 2.05) is 0 Å². The van der Waals surface area contributed by atoms with Crippen molar-refractivity contribution >= 4 is 29.2 Å². The Labute approximate surface area is 170 Å². The van der Waals surface area contributed by atoms with E-state index in [0.29, 0.717) is 17.9 Å². The van der Waals surface area contributed by atoms with Crippen molar-refractivity contribution < 1.29 is 19.5 Å². The molecule has 0 saturated heterocycles. The highest BCUT2D eigenvalue weighted by Gasteiger charge is 2.51. The lowest BCUT2D eigenvalue weighted by molar-refractivity contribution is -0.142. The number of aromatic hydroxyl groups is 1. The van der Waals surface area contributed by atoms with Crippen molar-refractivity contribution in [3.05, 3.63) is 28.8 Å². The van der Waals surface area contributed by atoms with Gasteiger partial charge < -0.3 is 15.7 Å². The molecule has 2 fully saturated rings. The van der Waals surface area contributed by atoms with Crippen molar-refractivity contribution in [3.63, 3.8) is 0 Å². The Morgan fingerprint density at radius 1 is 1.14 bits per heavy atom. The lowest BCUT2D eigenvalue weighted by Gasteiger charge is -2.45. The number of amides is 2. The van der Waals surface area contributed by atoms with Crippen LogP contribution in [0.25, 0.3) is 0 Å². The summed E-state index contributed by atoms with van der Waals surface area (Å²) in [5.41, 5.74) is -0.130. The van der Waals surface area contributed by atoms with Crippen LogP contribution in [-0.2, 0) is 14.4 Å². The maximum atomic E-state index is 12.9. The minimum absolute atomic E-state index is 0.0737. The average molecular weight is 407 g/mol. The number of halogens is 1. The molecule has 7 heteroatoms. The zero-order chi connectivity index (χ0) is 20.5. The van der Waals surface area contributed by atoms with Crippen molar-refractivity contribution in [1.29, 1.82) is 0 Å². The summed E-state index contributed by atoms with van der Waals surface area (Å²) in [6.45, 7) is 2.82. The van der Waals surface area contributed by atoms with Crippen molar-refractivity contribution in [2.24, 2.45) is 11.8 Å². The fraction of sp³-hybridized carbons (Fsp3) is 0.571. The molecule has 2 aliphatic rings. The van der Waals surface area contributed by atoms with Gasteiger partial charge >= 0.3 is 0 Å². The number of phenols is 1. The Bertz CT molecular complexity index is 762. The van der Waals surface area contributed by atoms with Crippen LogP contribution >= 0.6 is 11.6 Å². The topological polar surface area (TPSA) is 95.5 Å². The number of rotatable bonds is 6. The number of hydrogen-bond donors (Lipinski definition) is 3. The summed E-state index contributed by atoms with van der Waals surface area (Å²) >= 11 is 6.11. The lowest BCUT2D eigenvalue weighted by Crippen LogP contribution is -2.64. The van der Waals surface area contributed by atoms with E-state index in [0.717, 1.165) is 31.2 Å². The van der Waals surface area contributed by atoms with E-state index in [-0.39, 0.29) is 41.2 Å². The van der Waals surface area contributed by atoms with Crippen LogP contribution in [-0.4, -0.2) is 28.2 Å². The van der Waals surface area contributed by atoms with Gasteiger partial charge in [-0.15, -0.1) is 0 Å². The maximum Gasteiger partial charge on any atom is 0.223 e. The summed E-state index contributed by atoms with van der Waals surface area (Å²) in [5.74, 6) is -0.489. The first-order chi connectivity index (χ1) is 13.2. The molecule has 0 aromatic heterocycles. The Morgan fingerprint density at radius 3 is 2.32 bits per heavy atom. The Morgan fingerprint density at radius 2 is 1.79 bits per heavy atom. The molecule has 0 heterocycles. The fourth-order valence-electron chi connectivity index (χ4n) is 4.59. The number of carbonyl (C=O) groups is 3. The van der Waals surface area contributed by atoms with Crippen molar-refractivity contribution in [3.8, 4) is 5.75 Å². The smallest absolute Gasteiger partial charge is 0.223 e. The second-order valence-electron chi connectivity index (χ2n) is 8.20. The number of benzene rings is 1. The van der Waals surface area contributed by atoms with Crippen LogP contribution in [0.5, 0.6) is 5.75 Å². The molecular weight excluding hydrogens is 380 g/mol. The highest BCUT2D eigenvalue weighted by Crippen LogP contribution is 2.41. The number of carbonyl (C=O) groups excluding carboxylic acids is 3. The van der Waals surface area contributed by atoms with Crippen molar-refractivity contribution in [2.75, 3.05) is 0 Å². The molecule has 2 amide bonds. The van der Waals surface area contributed by atoms with Gasteiger partial charge in [-0.3, -0.25) is 14.4 Å². The average Bonchev–Trinajstić information content (AvgIpc) is 3.07. The quantitative estimate of drug-likeness (QED) is 0.675. The van der Waals surface area contributed by atoms with E-state index in [1.54, 1.807) is 12.1 Å². The second-order valence-corrected chi connectivity index (χ2v) is 8.63. The molecular formula is C21H27ClN2O4. The molecule has 0 radical (unpaired) electrons. The van der Waals surface area contributed by atoms with Crippen LogP contribution in [0.2, 0.25) is 5.02 Å². The molecule has 152 valence electrons. The van der Waals surface area contributed by atoms with Crippen LogP contribution in [0, 0.1) is 11.8 Å². The number of hydrogen-bond acceptors (Lipinski definition) is 4. The van der Waals surface area contributed by atoms with Gasteiger partial charge in [0.15, 0.2) is 5.78 Å². The molecule has 6 nitrogen and oxygen atoms in total. The van der Waals surface area contributed by atoms with Gasteiger partial charge in [-0.05, 0) is 62.3 Å². The van der Waals surface area contributed by atoms with Crippen LogP contribution in [0.3, 0.4) is 0 Å². The van der Waals surface area contributed by atoms with Crippen molar-refractivity contribution in [2.45, 2.75) is 64.0 Å². The minimum Gasteiger partial charge on any atom is -0.508 e. The molecule has 0 unspecified atom stereocenters. The molecule has 1 atom stereocenters. The first kappa shape index (κ1) is 20.6. The van der Waals surface area contributed by atoms with E-state index < -0.39 is 5.54 Å². The van der Waals surface area contributed by atoms with Gasteiger partial charge in [-0.2, -0.15) is 0 Å². The van der Waals surface area contributed by atoms with Gasteiger partial charge in [0.25, 0.3) is 0 Å². The monoisotopic (exact) mass is 406 g/mol. The van der Waals surface area contributed by atoms with Crippen molar-refractivity contribution in [1.82, 2.24) is 10.6 Å². The molecule has 1 aromatic rings. The Balaban J connectivity index is 1.74. The minimum atomic E-state index is -0.926. The molecule has 28 heavy (non-hydrogen) atoms. The Hall–Kier alpha value is -2.08. The maximum absolute atomic E-state index is 12.9. The van der Waals surface area contributed by atoms with Gasteiger partial charge in [0.2, 0.25) is 11.8 Å². The van der Waals surface area contributed by atoms with E-state index in [1.165, 1.54) is 19.9 Å². The zero-order valence-electron chi connectivity index (χ0n) is 16.3. The summed E-state index contributed by atoms with van der Waals surface area (Å²) in [7, 11) is 0. The normalized spacial score (nSPS) is 25.6. The standard InChI is InChI=1S/C21H27ClN2O4/c1-12(25)21(24-13(2)26)10-16(11-21)20(28)23-19(14-5-3-4-6-14)15-7-17(22)9-18(27)8-15/h7-9,14,16,19,27H,3-6,10-11H2,1-2H3,(H,23,28)(H,24,26)/t16?,19-,21?/m1/s1. The van der Waals surface area contributed by atoms with E-state index in [9.17, 15) is 19.5 Å². The predicted molar refractivity (Wildman–Crippen MR) is 106 cm³/mol. The summed E-state index contributed by atoms with van der Waals surface area (Å²) in [6.07, 6.45) is 4.86. The first-order valence-electron chi connectivity index (χ1n) is 9.80. The molecule has 3 rings (SSSR count). The van der Waals surface area contributed by atoms with E-state index in [2.05, 4.69) is 10.6 Å². The molecule has 0 bridgehead atoms. The summed E-state index contributed by atoms with van der Waals surface area (Å²) in [6, 6.07) is 4.67. The zero-order valence-corrected chi connectivity index (χ0v) is 17.0. The third kappa shape index (κ3) is 4.32. The highest BCUT2D eigenvalue weighted by atomic mass is 35.5. The number of phenolic OH excluding ortho intramolecular Hbond substituents is 1. The van der Waals surface area contributed by atoms with Gasteiger partial charge in [-0.1, -0.05) is 24.4 Å². The van der Waals surface area contributed by atoms with Gasteiger partial charge in [0.05, 0.1) is 11.6 Å². The number of nitrogens with one attached hydrogen (secondary N) is 2. The summed E-state index contributed by atoms with van der Waals surface area (Å²) in [4.78, 5) is 36.3. The molecule has 3 N–H and O–H groups in total. The second kappa shape index (κ2) is 8.11. The van der Waals surface area contributed by atoms with Gasteiger partial charge in [0, 0.05) is 17.9 Å². The summed E-state index contributed by atoms with van der Waals surface area (Å²) < 4.78 is 0. The number of Topliss-reactive ketones (excluding diaryl/α,β-unsaturated/α-hetero) is 1. The number of ketones is 1. The summed E-state index contributed by atoms with van der Waals surface area (Å²) in [5, 5.41) is 16.2. The molecule has 2 saturated carbocycles.